The summed E-state index contributed by atoms with van der Waals surface area (Å²) in [4.78, 5) is 22.5. The third kappa shape index (κ3) is 4.51. The molecule has 4 aromatic rings. The Hall–Kier alpha value is -3.54. The number of aryl methyl sites for hydroxylation is 2. The molecule has 6 heteroatoms. The number of hydrogen-bond acceptors (Lipinski definition) is 4. The molecule has 0 saturated carbocycles. The van der Waals surface area contributed by atoms with Crippen molar-refractivity contribution in [3.05, 3.63) is 112 Å². The number of benzene rings is 3. The van der Waals surface area contributed by atoms with E-state index in [0.717, 1.165) is 35.4 Å². The number of fused-ring (bicyclic) bond motifs is 3. The molecule has 3 aromatic carbocycles. The first kappa shape index (κ1) is 21.3. The zero-order valence-corrected chi connectivity index (χ0v) is 18.6. The molecule has 1 aromatic heterocycles. The van der Waals surface area contributed by atoms with E-state index in [9.17, 15) is 9.90 Å². The van der Waals surface area contributed by atoms with Crippen LogP contribution >= 0.6 is 11.6 Å². The van der Waals surface area contributed by atoms with Gasteiger partial charge < -0.3 is 10.4 Å². The molecule has 0 aliphatic heterocycles. The normalized spacial score (nSPS) is 13.0. The van der Waals surface area contributed by atoms with Crippen LogP contribution in [0.4, 0.5) is 5.82 Å². The molecule has 33 heavy (non-hydrogen) atoms. The van der Waals surface area contributed by atoms with Gasteiger partial charge in [0.2, 0.25) is 5.91 Å². The quantitative estimate of drug-likeness (QED) is 0.436. The van der Waals surface area contributed by atoms with Crippen LogP contribution in [0.5, 0.6) is 0 Å². The molecule has 1 atom stereocenters. The Bertz CT molecular complexity index is 1310. The highest BCUT2D eigenvalue weighted by Crippen LogP contribution is 2.35. The van der Waals surface area contributed by atoms with Gasteiger partial charge in [-0.3, -0.25) is 4.79 Å². The average Bonchev–Trinajstić information content (AvgIpc) is 2.85. The SMILES string of the molecule is O=C(Cc1ccc(Cl)cc1)Nc1nc2c(nc1C(O)c1ccccc1)-c1ccccc1CC2. The molecule has 0 radical (unpaired) electrons. The molecular formula is C27H22ClN3O2. The Morgan fingerprint density at radius 2 is 1.67 bits per heavy atom. The first-order valence-electron chi connectivity index (χ1n) is 10.8. The molecule has 0 bridgehead atoms. The average molecular weight is 456 g/mol. The second kappa shape index (κ2) is 9.14. The highest BCUT2D eigenvalue weighted by molar-refractivity contribution is 6.30. The molecule has 5 rings (SSSR count). The summed E-state index contributed by atoms with van der Waals surface area (Å²) in [6.45, 7) is 0. The molecule has 0 saturated heterocycles. The number of rotatable bonds is 5. The van der Waals surface area contributed by atoms with Gasteiger partial charge >= 0.3 is 0 Å². The van der Waals surface area contributed by atoms with Crippen LogP contribution in [0.3, 0.4) is 0 Å². The van der Waals surface area contributed by atoms with Crippen molar-refractivity contribution in [1.29, 1.82) is 0 Å². The number of carbonyl (C=O) groups excluding carboxylic acids is 1. The number of aliphatic hydroxyl groups is 1. The molecule has 2 N–H and O–H groups in total. The van der Waals surface area contributed by atoms with Crippen LogP contribution in [0, 0.1) is 0 Å². The van der Waals surface area contributed by atoms with E-state index in [2.05, 4.69) is 11.4 Å². The molecule has 1 aliphatic rings. The van der Waals surface area contributed by atoms with E-state index < -0.39 is 6.10 Å². The summed E-state index contributed by atoms with van der Waals surface area (Å²) in [5.74, 6) is 0.0627. The third-order valence-corrected chi connectivity index (χ3v) is 6.06. The van der Waals surface area contributed by atoms with Gasteiger partial charge in [-0.25, -0.2) is 9.97 Å². The number of nitrogens with zero attached hydrogens (tertiary/aromatic N) is 2. The maximum atomic E-state index is 12.9. The van der Waals surface area contributed by atoms with Crippen molar-refractivity contribution in [1.82, 2.24) is 9.97 Å². The fourth-order valence-electron chi connectivity index (χ4n) is 4.14. The van der Waals surface area contributed by atoms with E-state index in [1.165, 1.54) is 5.56 Å². The van der Waals surface area contributed by atoms with Gasteiger partial charge in [0.15, 0.2) is 5.82 Å². The molecular weight excluding hydrogens is 434 g/mol. The lowest BCUT2D eigenvalue weighted by molar-refractivity contribution is -0.115. The summed E-state index contributed by atoms with van der Waals surface area (Å²) < 4.78 is 0. The van der Waals surface area contributed by atoms with Gasteiger partial charge in [0, 0.05) is 10.6 Å². The van der Waals surface area contributed by atoms with Crippen molar-refractivity contribution < 1.29 is 9.90 Å². The number of nitrogens with one attached hydrogen (secondary N) is 1. The standard InChI is InChI=1S/C27H22ClN3O2/c28-20-13-10-17(11-14-20)16-23(32)30-27-25(26(33)19-7-2-1-3-8-19)31-24-21-9-5-4-6-18(21)12-15-22(24)29-27/h1-11,13-14,26,33H,12,15-16H2,(H,29,30,32). The highest BCUT2D eigenvalue weighted by Gasteiger charge is 2.26. The van der Waals surface area contributed by atoms with Crippen LogP contribution in [0.15, 0.2) is 78.9 Å². The van der Waals surface area contributed by atoms with Gasteiger partial charge in [-0.2, -0.15) is 0 Å². The van der Waals surface area contributed by atoms with Gasteiger partial charge in [0.1, 0.15) is 11.8 Å². The summed E-state index contributed by atoms with van der Waals surface area (Å²) in [6, 6.07) is 24.5. The van der Waals surface area contributed by atoms with Crippen LogP contribution in [0.2, 0.25) is 5.02 Å². The fraction of sp³-hybridized carbons (Fsp3) is 0.148. The van der Waals surface area contributed by atoms with Crippen molar-refractivity contribution in [2.24, 2.45) is 0 Å². The van der Waals surface area contributed by atoms with Crippen LogP contribution < -0.4 is 5.32 Å². The number of anilines is 1. The van der Waals surface area contributed by atoms with Crippen molar-refractivity contribution in [3.63, 3.8) is 0 Å². The summed E-state index contributed by atoms with van der Waals surface area (Å²) >= 11 is 5.95. The first-order chi connectivity index (χ1) is 16.1. The number of aliphatic hydroxyl groups excluding tert-OH is 1. The minimum atomic E-state index is -1.02. The van der Waals surface area contributed by atoms with E-state index in [-0.39, 0.29) is 12.3 Å². The van der Waals surface area contributed by atoms with E-state index in [1.54, 1.807) is 12.1 Å². The maximum Gasteiger partial charge on any atom is 0.229 e. The highest BCUT2D eigenvalue weighted by atomic mass is 35.5. The lowest BCUT2D eigenvalue weighted by Crippen LogP contribution is -2.21. The molecule has 1 amide bonds. The van der Waals surface area contributed by atoms with Crippen molar-refractivity contribution in [3.8, 4) is 11.3 Å². The van der Waals surface area contributed by atoms with E-state index in [4.69, 9.17) is 21.6 Å². The predicted molar refractivity (Wildman–Crippen MR) is 129 cm³/mol. The maximum absolute atomic E-state index is 12.9. The molecule has 1 unspecified atom stereocenters. The van der Waals surface area contributed by atoms with Crippen LogP contribution in [0.1, 0.15) is 34.2 Å². The van der Waals surface area contributed by atoms with Gasteiger partial charge in [-0.15, -0.1) is 0 Å². The molecule has 0 spiro atoms. The minimum Gasteiger partial charge on any atom is -0.382 e. The number of halogens is 1. The monoisotopic (exact) mass is 455 g/mol. The number of amides is 1. The van der Waals surface area contributed by atoms with Crippen LogP contribution in [-0.4, -0.2) is 21.0 Å². The molecule has 1 heterocycles. The predicted octanol–water partition coefficient (Wildman–Crippen LogP) is 5.16. The smallest absolute Gasteiger partial charge is 0.229 e. The lowest BCUT2D eigenvalue weighted by Gasteiger charge is -2.22. The first-order valence-corrected chi connectivity index (χ1v) is 11.2. The summed E-state index contributed by atoms with van der Waals surface area (Å²) in [6.07, 6.45) is 0.723. The van der Waals surface area contributed by atoms with Gasteiger partial charge in [-0.05, 0) is 41.7 Å². The Balaban J connectivity index is 1.53. The van der Waals surface area contributed by atoms with Gasteiger partial charge in [-0.1, -0.05) is 78.3 Å². The van der Waals surface area contributed by atoms with E-state index >= 15 is 0 Å². The van der Waals surface area contributed by atoms with Crippen molar-refractivity contribution in [2.45, 2.75) is 25.4 Å². The number of hydrogen-bond donors (Lipinski definition) is 2. The zero-order valence-electron chi connectivity index (χ0n) is 17.8. The van der Waals surface area contributed by atoms with Crippen LogP contribution in [-0.2, 0) is 24.1 Å². The number of aromatic nitrogens is 2. The van der Waals surface area contributed by atoms with Crippen LogP contribution in [0.25, 0.3) is 11.3 Å². The van der Waals surface area contributed by atoms with E-state index in [1.807, 2.05) is 60.7 Å². The molecule has 0 fully saturated rings. The Morgan fingerprint density at radius 3 is 2.45 bits per heavy atom. The summed E-state index contributed by atoms with van der Waals surface area (Å²) in [5.41, 5.74) is 5.66. The molecule has 164 valence electrons. The van der Waals surface area contributed by atoms with Crippen molar-refractivity contribution >= 4 is 23.3 Å². The fourth-order valence-corrected chi connectivity index (χ4v) is 4.26. The lowest BCUT2D eigenvalue weighted by atomic mass is 9.91. The minimum absolute atomic E-state index is 0.166. The van der Waals surface area contributed by atoms with E-state index in [0.29, 0.717) is 22.1 Å². The second-order valence-electron chi connectivity index (χ2n) is 8.07. The molecule has 5 nitrogen and oxygen atoms in total. The topological polar surface area (TPSA) is 75.1 Å². The summed E-state index contributed by atoms with van der Waals surface area (Å²) in [5, 5.41) is 14.7. The third-order valence-electron chi connectivity index (χ3n) is 5.81. The van der Waals surface area contributed by atoms with Crippen molar-refractivity contribution in [2.75, 3.05) is 5.32 Å². The molecule has 1 aliphatic carbocycles. The Kier molecular flexibility index (Phi) is 5.90. The number of carbonyl (C=O) groups is 1. The second-order valence-corrected chi connectivity index (χ2v) is 8.51. The largest absolute Gasteiger partial charge is 0.382 e. The van der Waals surface area contributed by atoms with Gasteiger partial charge in [0.05, 0.1) is 17.8 Å². The Labute approximate surface area is 197 Å². The summed E-state index contributed by atoms with van der Waals surface area (Å²) in [7, 11) is 0. The zero-order chi connectivity index (χ0) is 22.8. The van der Waals surface area contributed by atoms with Gasteiger partial charge in [0.25, 0.3) is 0 Å². The Morgan fingerprint density at radius 1 is 0.939 bits per heavy atom.